The molecular weight excluding hydrogens is 390 g/mol. The number of thioether (sulfide) groups is 3. The second-order valence-corrected chi connectivity index (χ2v) is 9.30. The second-order valence-electron chi connectivity index (χ2n) is 5.73. The van der Waals surface area contributed by atoms with E-state index in [4.69, 9.17) is 0 Å². The van der Waals surface area contributed by atoms with Crippen LogP contribution in [-0.4, -0.2) is 51.0 Å². The third-order valence-electron chi connectivity index (χ3n) is 3.75. The molecule has 26 heavy (non-hydrogen) atoms. The molecule has 0 bridgehead atoms. The van der Waals surface area contributed by atoms with Crippen LogP contribution in [0.3, 0.4) is 0 Å². The molecule has 1 aromatic rings. The van der Waals surface area contributed by atoms with E-state index in [0.29, 0.717) is 18.6 Å². The number of amides is 1. The third kappa shape index (κ3) is 8.51. The van der Waals surface area contributed by atoms with Crippen molar-refractivity contribution < 1.29 is 19.5 Å². The van der Waals surface area contributed by atoms with Gasteiger partial charge in [-0.1, -0.05) is 42.1 Å². The minimum Gasteiger partial charge on any atom is -0.480 e. The van der Waals surface area contributed by atoms with Gasteiger partial charge in [0.2, 0.25) is 5.91 Å². The van der Waals surface area contributed by atoms with Gasteiger partial charge in [-0.05, 0) is 30.9 Å². The number of carbonyl (C=O) groups is 3. The summed E-state index contributed by atoms with van der Waals surface area (Å²) in [4.78, 5) is 35.6. The molecule has 0 saturated heterocycles. The lowest BCUT2D eigenvalue weighted by Gasteiger charge is -2.22. The average Bonchev–Trinajstić information content (AvgIpc) is 2.62. The molecule has 0 radical (unpaired) electrons. The Morgan fingerprint density at radius 1 is 1.12 bits per heavy atom. The van der Waals surface area contributed by atoms with Crippen molar-refractivity contribution in [1.82, 2.24) is 5.32 Å². The molecule has 0 aliphatic rings. The smallest absolute Gasteiger partial charge is 0.326 e. The number of hydrogen-bond acceptors (Lipinski definition) is 6. The van der Waals surface area contributed by atoms with Gasteiger partial charge in [0, 0.05) is 12.7 Å². The van der Waals surface area contributed by atoms with Crippen molar-refractivity contribution in [2.24, 2.45) is 5.92 Å². The first-order valence-electron chi connectivity index (χ1n) is 8.13. The van der Waals surface area contributed by atoms with Crippen molar-refractivity contribution in [2.75, 3.05) is 18.3 Å². The minimum absolute atomic E-state index is 0.0597. The molecule has 2 atom stereocenters. The maximum Gasteiger partial charge on any atom is 0.326 e. The standard InChI is InChI=1S/C18H25NO4S3/c1-12(20)26-11-14(9-13-7-5-4-6-8-13)17(21)19-15(18(22)23)10-16(24-2)25-3/h4-8,14-16H,9-11H2,1-3H3,(H,19,21)(H,22,23)/t14-,15+/m1/s1. The summed E-state index contributed by atoms with van der Waals surface area (Å²) in [5.74, 6) is -1.49. The van der Waals surface area contributed by atoms with Crippen LogP contribution in [0.1, 0.15) is 18.9 Å². The Morgan fingerprint density at radius 3 is 2.23 bits per heavy atom. The van der Waals surface area contributed by atoms with Crippen LogP contribution in [0.15, 0.2) is 30.3 Å². The lowest BCUT2D eigenvalue weighted by Crippen LogP contribution is -2.45. The predicted molar refractivity (Wildman–Crippen MR) is 112 cm³/mol. The molecule has 144 valence electrons. The Bertz CT molecular complexity index is 593. The van der Waals surface area contributed by atoms with E-state index in [1.165, 1.54) is 6.92 Å². The molecule has 1 amide bonds. The van der Waals surface area contributed by atoms with E-state index in [1.54, 1.807) is 23.5 Å². The predicted octanol–water partition coefficient (Wildman–Crippen LogP) is 3.14. The zero-order valence-corrected chi connectivity index (χ0v) is 17.6. The van der Waals surface area contributed by atoms with Crippen LogP contribution in [0.4, 0.5) is 0 Å². The van der Waals surface area contributed by atoms with Gasteiger partial charge in [-0.2, -0.15) is 23.5 Å². The van der Waals surface area contributed by atoms with E-state index in [0.717, 1.165) is 17.3 Å². The summed E-state index contributed by atoms with van der Waals surface area (Å²) in [7, 11) is 0. The van der Waals surface area contributed by atoms with Crippen LogP contribution < -0.4 is 5.32 Å². The second kappa shape index (κ2) is 12.3. The summed E-state index contributed by atoms with van der Waals surface area (Å²) >= 11 is 4.22. The van der Waals surface area contributed by atoms with E-state index in [1.807, 2.05) is 42.8 Å². The SMILES string of the molecule is CSC(C[C@H](NC(=O)[C@@H](CSC(C)=O)Cc1ccccc1)C(=O)O)SC. The van der Waals surface area contributed by atoms with Gasteiger partial charge < -0.3 is 10.4 Å². The van der Waals surface area contributed by atoms with Crippen molar-refractivity contribution >= 4 is 52.3 Å². The number of nitrogens with one attached hydrogen (secondary N) is 1. The molecule has 0 spiro atoms. The highest BCUT2D eigenvalue weighted by molar-refractivity contribution is 8.16. The van der Waals surface area contributed by atoms with Gasteiger partial charge >= 0.3 is 5.97 Å². The summed E-state index contributed by atoms with van der Waals surface area (Å²) in [6.45, 7) is 1.46. The Kier molecular flexibility index (Phi) is 10.8. The molecule has 5 nitrogen and oxygen atoms in total. The van der Waals surface area contributed by atoms with E-state index in [2.05, 4.69) is 5.32 Å². The van der Waals surface area contributed by atoms with Crippen LogP contribution in [0, 0.1) is 5.92 Å². The van der Waals surface area contributed by atoms with Crippen LogP contribution in [0.2, 0.25) is 0 Å². The lowest BCUT2D eigenvalue weighted by atomic mass is 9.99. The number of carbonyl (C=O) groups excluding carboxylic acids is 2. The van der Waals surface area contributed by atoms with Gasteiger partial charge in [0.25, 0.3) is 0 Å². The summed E-state index contributed by atoms with van der Waals surface area (Å²) < 4.78 is 0.0931. The number of aliphatic carboxylic acids is 1. The molecule has 0 heterocycles. The monoisotopic (exact) mass is 415 g/mol. The first kappa shape index (κ1) is 22.9. The minimum atomic E-state index is -1.04. The lowest BCUT2D eigenvalue weighted by molar-refractivity contribution is -0.142. The van der Waals surface area contributed by atoms with Crippen LogP contribution in [0.25, 0.3) is 0 Å². The zero-order valence-electron chi connectivity index (χ0n) is 15.1. The van der Waals surface area contributed by atoms with E-state index < -0.39 is 17.9 Å². The average molecular weight is 416 g/mol. The van der Waals surface area contributed by atoms with E-state index >= 15 is 0 Å². The molecule has 1 rings (SSSR count). The van der Waals surface area contributed by atoms with E-state index in [9.17, 15) is 19.5 Å². The van der Waals surface area contributed by atoms with Gasteiger partial charge in [-0.25, -0.2) is 4.79 Å². The number of benzene rings is 1. The zero-order chi connectivity index (χ0) is 19.5. The number of carboxylic acids is 1. The topological polar surface area (TPSA) is 83.5 Å². The quantitative estimate of drug-likeness (QED) is 0.537. The Balaban J connectivity index is 2.83. The third-order valence-corrected chi connectivity index (χ3v) is 7.32. The molecule has 8 heteroatoms. The highest BCUT2D eigenvalue weighted by Crippen LogP contribution is 2.24. The molecule has 0 saturated carbocycles. The molecule has 0 aromatic heterocycles. The molecule has 0 aliphatic carbocycles. The van der Waals surface area contributed by atoms with Gasteiger partial charge in [0.15, 0.2) is 5.12 Å². The summed E-state index contributed by atoms with van der Waals surface area (Å²) in [5, 5.41) is 12.1. The first-order chi connectivity index (χ1) is 12.4. The fourth-order valence-electron chi connectivity index (χ4n) is 2.34. The summed E-state index contributed by atoms with van der Waals surface area (Å²) in [6.07, 6.45) is 4.66. The number of hydrogen-bond donors (Lipinski definition) is 2. The summed E-state index contributed by atoms with van der Waals surface area (Å²) in [6, 6.07) is 8.59. The fourth-order valence-corrected chi connectivity index (χ4v) is 4.58. The van der Waals surface area contributed by atoms with Gasteiger partial charge in [-0.15, -0.1) is 0 Å². The van der Waals surface area contributed by atoms with Crippen molar-refractivity contribution in [3.63, 3.8) is 0 Å². The maximum atomic E-state index is 12.7. The highest BCUT2D eigenvalue weighted by Gasteiger charge is 2.28. The van der Waals surface area contributed by atoms with E-state index in [-0.39, 0.29) is 15.6 Å². The van der Waals surface area contributed by atoms with Gasteiger partial charge in [0.05, 0.1) is 10.5 Å². The van der Waals surface area contributed by atoms with Crippen molar-refractivity contribution in [3.05, 3.63) is 35.9 Å². The Hall–Kier alpha value is -1.12. The van der Waals surface area contributed by atoms with Crippen molar-refractivity contribution in [2.45, 2.75) is 30.4 Å². The maximum absolute atomic E-state index is 12.7. The first-order valence-corrected chi connectivity index (χ1v) is 11.7. The molecular formula is C18H25NO4S3. The van der Waals surface area contributed by atoms with Crippen LogP contribution in [-0.2, 0) is 20.8 Å². The molecule has 1 aromatic carbocycles. The molecule has 0 unspecified atom stereocenters. The highest BCUT2D eigenvalue weighted by atomic mass is 32.2. The molecule has 0 fully saturated rings. The number of carboxylic acid groups (broad SMARTS) is 1. The normalized spacial score (nSPS) is 13.2. The molecule has 2 N–H and O–H groups in total. The largest absolute Gasteiger partial charge is 0.480 e. The number of rotatable bonds is 11. The van der Waals surface area contributed by atoms with Gasteiger partial charge in [-0.3, -0.25) is 9.59 Å². The van der Waals surface area contributed by atoms with Gasteiger partial charge in [0.1, 0.15) is 6.04 Å². The van der Waals surface area contributed by atoms with Crippen molar-refractivity contribution in [3.8, 4) is 0 Å². The fraction of sp³-hybridized carbons (Fsp3) is 0.500. The van der Waals surface area contributed by atoms with Crippen LogP contribution in [0.5, 0.6) is 0 Å². The Morgan fingerprint density at radius 2 is 1.73 bits per heavy atom. The Labute approximate surface area is 167 Å². The van der Waals surface area contributed by atoms with Crippen molar-refractivity contribution in [1.29, 1.82) is 0 Å². The summed E-state index contributed by atoms with van der Waals surface area (Å²) in [5.41, 5.74) is 0.981. The molecule has 0 aliphatic heterocycles. The van der Waals surface area contributed by atoms with Crippen LogP contribution >= 0.6 is 35.3 Å².